The number of hydrogen-bond donors (Lipinski definition) is 0. The third-order valence-corrected chi connectivity index (χ3v) is 6.04. The summed E-state index contributed by atoms with van der Waals surface area (Å²) in [6.45, 7) is 4.79. The van der Waals surface area contributed by atoms with Crippen molar-refractivity contribution in [2.24, 2.45) is 0 Å². The van der Waals surface area contributed by atoms with E-state index in [9.17, 15) is 4.79 Å². The minimum absolute atomic E-state index is 0.216. The Kier molecular flexibility index (Phi) is 6.35. The maximum absolute atomic E-state index is 13.1. The molecule has 7 heteroatoms. The molecule has 0 fully saturated rings. The van der Waals surface area contributed by atoms with Crippen LogP contribution in [0.2, 0.25) is 5.02 Å². The predicted molar refractivity (Wildman–Crippen MR) is 118 cm³/mol. The molecule has 5 nitrogen and oxygen atoms in total. The number of nitrogens with zero attached hydrogens (tertiary/aromatic N) is 2. The second kappa shape index (κ2) is 9.32. The zero-order valence-electron chi connectivity index (χ0n) is 16.3. The summed E-state index contributed by atoms with van der Waals surface area (Å²) in [5.41, 5.74) is 4.55. The highest BCUT2D eigenvalue weighted by Crippen LogP contribution is 2.42. The van der Waals surface area contributed by atoms with Gasteiger partial charge in [0.2, 0.25) is 0 Å². The molecule has 2 heterocycles. The molecule has 30 heavy (non-hydrogen) atoms. The van der Waals surface area contributed by atoms with Gasteiger partial charge in [-0.3, -0.25) is 4.90 Å². The molecular weight excluding hydrogens is 420 g/mol. The molecule has 1 aliphatic rings. The molecule has 1 unspecified atom stereocenters. The molecular formula is C23H21ClN2O3S. The van der Waals surface area contributed by atoms with E-state index in [0.717, 1.165) is 21.7 Å². The van der Waals surface area contributed by atoms with Crippen molar-refractivity contribution in [1.29, 1.82) is 0 Å². The van der Waals surface area contributed by atoms with E-state index in [1.54, 1.807) is 17.0 Å². The second-order valence-electron chi connectivity index (χ2n) is 6.83. The minimum atomic E-state index is -0.377. The molecule has 0 N–H and O–H groups in total. The van der Waals surface area contributed by atoms with Crippen LogP contribution in [0.1, 0.15) is 27.7 Å². The van der Waals surface area contributed by atoms with E-state index >= 15 is 0 Å². The molecule has 0 radical (unpaired) electrons. The fourth-order valence-corrected chi connectivity index (χ4v) is 4.65. The highest BCUT2D eigenvalue weighted by atomic mass is 35.5. The lowest BCUT2D eigenvalue weighted by Crippen LogP contribution is -2.40. The van der Waals surface area contributed by atoms with Gasteiger partial charge in [0.15, 0.2) is 0 Å². The highest BCUT2D eigenvalue weighted by molar-refractivity contribution is 7.09. The zero-order chi connectivity index (χ0) is 20.9. The van der Waals surface area contributed by atoms with Gasteiger partial charge < -0.3 is 9.47 Å². The summed E-state index contributed by atoms with van der Waals surface area (Å²) < 4.78 is 11.5. The highest BCUT2D eigenvalue weighted by Gasteiger charge is 2.36. The van der Waals surface area contributed by atoms with Crippen LogP contribution in [0.3, 0.4) is 0 Å². The number of aromatic nitrogens is 1. The predicted octanol–water partition coefficient (Wildman–Crippen LogP) is 5.65. The fourth-order valence-electron chi connectivity index (χ4n) is 3.51. The Balaban J connectivity index is 1.66. The Labute approximate surface area is 184 Å². The normalized spacial score (nSPS) is 15.4. The van der Waals surface area contributed by atoms with Gasteiger partial charge in [0.05, 0.1) is 16.1 Å². The van der Waals surface area contributed by atoms with Gasteiger partial charge in [-0.05, 0) is 23.8 Å². The van der Waals surface area contributed by atoms with E-state index in [4.69, 9.17) is 21.1 Å². The van der Waals surface area contributed by atoms with Crippen molar-refractivity contribution in [3.8, 4) is 5.75 Å². The van der Waals surface area contributed by atoms with Crippen LogP contribution < -0.4 is 4.74 Å². The van der Waals surface area contributed by atoms with Crippen molar-refractivity contribution < 1.29 is 14.3 Å². The van der Waals surface area contributed by atoms with E-state index in [2.05, 4.69) is 11.6 Å². The smallest absolute Gasteiger partial charge is 0.410 e. The van der Waals surface area contributed by atoms with E-state index in [-0.39, 0.29) is 18.7 Å². The molecule has 2 aromatic carbocycles. The lowest BCUT2D eigenvalue weighted by atomic mass is 9.97. The monoisotopic (exact) mass is 440 g/mol. The molecule has 0 spiro atoms. The molecule has 1 atom stereocenters. The Morgan fingerprint density at radius 2 is 2.13 bits per heavy atom. The van der Waals surface area contributed by atoms with Crippen molar-refractivity contribution in [3.05, 3.63) is 93.4 Å². The fraction of sp³-hybridized carbons (Fsp3) is 0.217. The number of carbonyl (C=O) groups excluding carboxylic acids is 1. The van der Waals surface area contributed by atoms with Crippen LogP contribution in [-0.4, -0.2) is 29.1 Å². The summed E-state index contributed by atoms with van der Waals surface area (Å²) in [6, 6.07) is 14.7. The average molecular weight is 441 g/mol. The van der Waals surface area contributed by atoms with Crippen molar-refractivity contribution >= 4 is 29.0 Å². The minimum Gasteiger partial charge on any atom is -0.489 e. The first kappa shape index (κ1) is 20.4. The first-order valence-electron chi connectivity index (χ1n) is 9.60. The van der Waals surface area contributed by atoms with Gasteiger partial charge in [-0.2, -0.15) is 0 Å². The van der Waals surface area contributed by atoms with Crippen LogP contribution in [0, 0.1) is 0 Å². The van der Waals surface area contributed by atoms with Gasteiger partial charge in [0, 0.05) is 23.6 Å². The number of fused-ring (bicyclic) bond motifs is 1. The maximum atomic E-state index is 13.1. The first-order chi connectivity index (χ1) is 14.7. The molecule has 3 aromatic rings. The van der Waals surface area contributed by atoms with Crippen molar-refractivity contribution in [2.75, 3.05) is 13.2 Å². The molecule has 0 saturated carbocycles. The first-order valence-corrected chi connectivity index (χ1v) is 10.9. The molecule has 154 valence electrons. The Bertz CT molecular complexity index is 1040. The number of halogens is 1. The van der Waals surface area contributed by atoms with Gasteiger partial charge in [-0.1, -0.05) is 54.6 Å². The van der Waals surface area contributed by atoms with E-state index in [1.807, 2.05) is 48.0 Å². The van der Waals surface area contributed by atoms with Crippen LogP contribution in [0.15, 0.2) is 66.7 Å². The number of amides is 1. The Morgan fingerprint density at radius 3 is 2.93 bits per heavy atom. The summed E-state index contributed by atoms with van der Waals surface area (Å²) in [6.07, 6.45) is 1.99. The van der Waals surface area contributed by atoms with E-state index < -0.39 is 0 Å². The lowest BCUT2D eigenvalue weighted by Gasteiger charge is -2.35. The summed E-state index contributed by atoms with van der Waals surface area (Å²) in [5, 5.41) is 0.574. The molecule has 0 aliphatic carbocycles. The number of hydrogen-bond acceptors (Lipinski definition) is 5. The van der Waals surface area contributed by atoms with Gasteiger partial charge in [0.1, 0.15) is 25.0 Å². The summed E-state index contributed by atoms with van der Waals surface area (Å²) in [4.78, 5) is 20.3. The standard InChI is InChI=1S/C23H21ClN2O3S/c1-2-12-28-20-9-8-17(24)13-18(20)21-22-19(25-15-30-22)10-11-26(21)23(27)29-14-16-6-4-3-5-7-16/h2-9,13,15,21H,1,10-12,14H2. The molecule has 0 bridgehead atoms. The summed E-state index contributed by atoms with van der Waals surface area (Å²) in [7, 11) is 0. The number of thiazole rings is 1. The number of ether oxygens (including phenoxy) is 2. The van der Waals surface area contributed by atoms with Gasteiger partial charge in [-0.25, -0.2) is 9.78 Å². The lowest BCUT2D eigenvalue weighted by molar-refractivity contribution is 0.0837. The zero-order valence-corrected chi connectivity index (χ0v) is 17.9. The third kappa shape index (κ3) is 4.35. The number of carbonyl (C=O) groups is 1. The van der Waals surface area contributed by atoms with Gasteiger partial charge in [0.25, 0.3) is 0 Å². The van der Waals surface area contributed by atoms with Crippen LogP contribution in [0.4, 0.5) is 4.79 Å². The van der Waals surface area contributed by atoms with Crippen LogP contribution in [0.25, 0.3) is 0 Å². The quantitative estimate of drug-likeness (QED) is 0.465. The topological polar surface area (TPSA) is 51.7 Å². The molecule has 1 amide bonds. The third-order valence-electron chi connectivity index (χ3n) is 4.88. The van der Waals surface area contributed by atoms with Crippen molar-refractivity contribution in [2.45, 2.75) is 19.1 Å². The molecule has 4 rings (SSSR count). The van der Waals surface area contributed by atoms with Gasteiger partial charge in [-0.15, -0.1) is 11.3 Å². The van der Waals surface area contributed by atoms with E-state index in [1.165, 1.54) is 11.3 Å². The number of benzene rings is 2. The van der Waals surface area contributed by atoms with Crippen LogP contribution in [0.5, 0.6) is 5.75 Å². The summed E-state index contributed by atoms with van der Waals surface area (Å²) >= 11 is 7.84. The second-order valence-corrected chi connectivity index (χ2v) is 8.15. The number of rotatable bonds is 6. The average Bonchev–Trinajstić information content (AvgIpc) is 3.25. The largest absolute Gasteiger partial charge is 0.489 e. The van der Waals surface area contributed by atoms with E-state index in [0.29, 0.717) is 30.3 Å². The molecule has 1 aliphatic heterocycles. The maximum Gasteiger partial charge on any atom is 0.410 e. The van der Waals surface area contributed by atoms with Crippen LogP contribution >= 0.6 is 22.9 Å². The molecule has 1 aromatic heterocycles. The van der Waals surface area contributed by atoms with Crippen molar-refractivity contribution in [1.82, 2.24) is 9.88 Å². The summed E-state index contributed by atoms with van der Waals surface area (Å²) in [5.74, 6) is 0.659. The van der Waals surface area contributed by atoms with Gasteiger partial charge >= 0.3 is 6.09 Å². The molecule has 0 saturated heterocycles. The van der Waals surface area contributed by atoms with Crippen molar-refractivity contribution in [3.63, 3.8) is 0 Å². The Morgan fingerprint density at radius 1 is 1.30 bits per heavy atom. The Hall–Kier alpha value is -2.83. The van der Waals surface area contributed by atoms with Crippen LogP contribution in [-0.2, 0) is 17.8 Å². The SMILES string of the molecule is C=CCOc1ccc(Cl)cc1C1c2scnc2CCN1C(=O)OCc1ccccc1.